The first kappa shape index (κ1) is 13.4. The second-order valence-electron chi connectivity index (χ2n) is 4.01. The zero-order chi connectivity index (χ0) is 12.0. The molecule has 0 amide bonds. The van der Waals surface area contributed by atoms with E-state index in [2.05, 4.69) is 42.0 Å². The molecule has 0 saturated heterocycles. The number of nitriles is 1. The largest absolute Gasteiger partial charge is 0.340 e. The Balaban J connectivity index is 2.60. The maximum absolute atomic E-state index is 8.48. The Labute approximate surface area is 101 Å². The molecule has 1 heterocycles. The molecule has 0 aliphatic rings. The van der Waals surface area contributed by atoms with Crippen LogP contribution in [0.5, 0.6) is 0 Å². The molecule has 0 spiro atoms. The molecule has 0 aliphatic carbocycles. The zero-order valence-electron chi connectivity index (χ0n) is 9.60. The number of hydrogen-bond acceptors (Lipinski definition) is 5. The smallest absolute Gasteiger partial charge is 0.185 e. The maximum atomic E-state index is 8.48. The monoisotopic (exact) mass is 258 g/mol. The Morgan fingerprint density at radius 3 is 2.88 bits per heavy atom. The quantitative estimate of drug-likeness (QED) is 0.647. The average molecular weight is 258 g/mol. The number of hydrogen-bond donors (Lipinski definition) is 1. The summed E-state index contributed by atoms with van der Waals surface area (Å²) in [6, 6.07) is 2.06. The van der Waals surface area contributed by atoms with Crippen molar-refractivity contribution in [2.45, 2.75) is 31.9 Å². The lowest BCUT2D eigenvalue weighted by Crippen LogP contribution is -2.13. The van der Waals surface area contributed by atoms with Gasteiger partial charge in [-0.3, -0.25) is 5.10 Å². The van der Waals surface area contributed by atoms with Gasteiger partial charge in [0.2, 0.25) is 0 Å². The van der Waals surface area contributed by atoms with E-state index in [1.54, 1.807) is 11.4 Å². The fraction of sp³-hybridized carbons (Fsp3) is 0.667. The molecule has 1 aromatic rings. The molecule has 0 fully saturated rings. The molecule has 88 valence electrons. The third kappa shape index (κ3) is 4.93. The molecule has 0 aromatic carbocycles. The second kappa shape index (κ2) is 6.19. The number of nitrogens with zero attached hydrogens (tertiary/aromatic N) is 3. The van der Waals surface area contributed by atoms with E-state index in [0.717, 1.165) is 5.57 Å². The van der Waals surface area contributed by atoms with Gasteiger partial charge in [0.15, 0.2) is 12.9 Å². The van der Waals surface area contributed by atoms with Gasteiger partial charge in [0, 0.05) is 4.75 Å². The van der Waals surface area contributed by atoms with Crippen LogP contribution in [0, 0.1) is 11.3 Å². The van der Waals surface area contributed by atoms with Crippen LogP contribution in [0.2, 0.25) is 0 Å². The van der Waals surface area contributed by atoms with Gasteiger partial charge in [-0.15, -0.1) is 0 Å². The van der Waals surface area contributed by atoms with E-state index in [1.807, 2.05) is 0 Å². The van der Waals surface area contributed by atoms with E-state index in [-0.39, 0.29) is 4.75 Å². The molecule has 1 unspecified atom stereocenters. The Hall–Kier alpha value is -0.630. The van der Waals surface area contributed by atoms with Crippen molar-refractivity contribution in [2.75, 3.05) is 6.61 Å². The fourth-order valence-corrected chi connectivity index (χ4v) is 4.54. The summed E-state index contributed by atoms with van der Waals surface area (Å²) >= 11 is 1.71. The molecule has 0 bridgehead atoms. The van der Waals surface area contributed by atoms with Gasteiger partial charge >= 0.3 is 0 Å². The van der Waals surface area contributed by atoms with Gasteiger partial charge in [0.25, 0.3) is 0 Å². The topological polar surface area (TPSA) is 74.6 Å². The van der Waals surface area contributed by atoms with Gasteiger partial charge in [0.1, 0.15) is 6.33 Å². The van der Waals surface area contributed by atoms with E-state index in [1.165, 1.54) is 6.33 Å². The van der Waals surface area contributed by atoms with Crippen molar-refractivity contribution in [3.05, 3.63) is 6.33 Å². The lowest BCUT2D eigenvalue weighted by molar-refractivity contribution is 0.374. The first-order chi connectivity index (χ1) is 7.53. The molecule has 1 N–H and O–H groups in total. The number of H-pyrrole nitrogens is 1. The van der Waals surface area contributed by atoms with E-state index in [9.17, 15) is 0 Å². The predicted molar refractivity (Wildman–Crippen MR) is 66.5 cm³/mol. The van der Waals surface area contributed by atoms with Crippen molar-refractivity contribution in [3.63, 3.8) is 0 Å². The lowest BCUT2D eigenvalue weighted by Gasteiger charge is -2.23. The number of aromatic amines is 1. The summed E-state index contributed by atoms with van der Waals surface area (Å²) in [5.41, 5.74) is 0.757. The predicted octanol–water partition coefficient (Wildman–Crippen LogP) is 2.20. The van der Waals surface area contributed by atoms with E-state index in [0.29, 0.717) is 13.0 Å². The van der Waals surface area contributed by atoms with E-state index >= 15 is 0 Å². The van der Waals surface area contributed by atoms with Gasteiger partial charge in [0.05, 0.1) is 19.1 Å². The minimum absolute atomic E-state index is 0.0884. The van der Waals surface area contributed by atoms with Crippen LogP contribution < -0.4 is 5.57 Å². The van der Waals surface area contributed by atoms with Crippen molar-refractivity contribution >= 4 is 24.3 Å². The highest BCUT2D eigenvalue weighted by molar-refractivity contribution is 8.56. The molecule has 0 saturated carbocycles. The molecular weight excluding hydrogens is 243 g/mol. The molecule has 0 radical (unpaired) electrons. The van der Waals surface area contributed by atoms with Crippen molar-refractivity contribution in [1.29, 1.82) is 5.26 Å². The first-order valence-corrected chi connectivity index (χ1v) is 7.55. The van der Waals surface area contributed by atoms with Crippen LogP contribution in [-0.2, 0) is 4.52 Å². The average Bonchev–Trinajstić information content (AvgIpc) is 2.67. The van der Waals surface area contributed by atoms with E-state index in [4.69, 9.17) is 9.79 Å². The minimum atomic E-state index is -0.882. The second-order valence-corrected chi connectivity index (χ2v) is 8.16. The minimum Gasteiger partial charge on any atom is -0.340 e. The summed E-state index contributed by atoms with van der Waals surface area (Å²) in [7, 11) is -0.882. The highest BCUT2D eigenvalue weighted by Crippen LogP contribution is 2.54. The summed E-state index contributed by atoms with van der Waals surface area (Å²) in [4.78, 5) is 4.11. The van der Waals surface area contributed by atoms with Crippen molar-refractivity contribution in [2.24, 2.45) is 0 Å². The molecule has 5 nitrogen and oxygen atoms in total. The summed E-state index contributed by atoms with van der Waals surface area (Å²) < 4.78 is 5.76. The van der Waals surface area contributed by atoms with Crippen LogP contribution in [0.15, 0.2) is 6.33 Å². The Bertz CT molecular complexity index is 343. The summed E-state index contributed by atoms with van der Waals surface area (Å²) in [5, 5.41) is 15.1. The van der Waals surface area contributed by atoms with Crippen LogP contribution in [-0.4, -0.2) is 26.5 Å². The van der Waals surface area contributed by atoms with Crippen LogP contribution in [0.25, 0.3) is 0 Å². The van der Waals surface area contributed by atoms with Gasteiger partial charge < -0.3 is 4.52 Å². The van der Waals surface area contributed by atoms with Crippen molar-refractivity contribution in [1.82, 2.24) is 15.2 Å². The van der Waals surface area contributed by atoms with Gasteiger partial charge in [-0.25, -0.2) is 4.98 Å². The first-order valence-electron chi connectivity index (χ1n) is 4.87. The molecule has 7 heteroatoms. The van der Waals surface area contributed by atoms with Crippen molar-refractivity contribution < 1.29 is 4.52 Å². The van der Waals surface area contributed by atoms with Crippen LogP contribution >= 0.6 is 18.7 Å². The van der Waals surface area contributed by atoms with Crippen LogP contribution in [0.3, 0.4) is 0 Å². The van der Waals surface area contributed by atoms with Crippen LogP contribution in [0.1, 0.15) is 27.2 Å². The molecule has 0 aliphatic heterocycles. The molecule has 1 rings (SSSR count). The molecule has 16 heavy (non-hydrogen) atoms. The molecular formula is C9H15N4OPS. The zero-order valence-corrected chi connectivity index (χ0v) is 11.3. The van der Waals surface area contributed by atoms with Crippen LogP contribution in [0.4, 0.5) is 0 Å². The third-order valence-electron chi connectivity index (χ3n) is 1.35. The highest BCUT2D eigenvalue weighted by Gasteiger charge is 2.24. The molecule has 1 atom stereocenters. The van der Waals surface area contributed by atoms with Gasteiger partial charge in [-0.2, -0.15) is 10.4 Å². The van der Waals surface area contributed by atoms with Crippen molar-refractivity contribution in [3.8, 4) is 6.07 Å². The summed E-state index contributed by atoms with van der Waals surface area (Å²) in [5.74, 6) is 0. The normalized spacial score (nSPS) is 13.4. The third-order valence-corrected chi connectivity index (χ3v) is 6.02. The Morgan fingerprint density at radius 2 is 2.38 bits per heavy atom. The summed E-state index contributed by atoms with van der Waals surface area (Å²) in [6.45, 7) is 6.80. The van der Waals surface area contributed by atoms with Gasteiger partial charge in [-0.1, -0.05) is 32.2 Å². The number of rotatable bonds is 5. The summed E-state index contributed by atoms with van der Waals surface area (Å²) in [6.07, 6.45) is 1.87. The Morgan fingerprint density at radius 1 is 1.62 bits per heavy atom. The maximum Gasteiger partial charge on any atom is 0.185 e. The fourth-order valence-electron chi connectivity index (χ4n) is 0.841. The number of nitrogens with one attached hydrogen (secondary N) is 1. The Kier molecular flexibility index (Phi) is 5.20. The molecule has 1 aromatic heterocycles. The lowest BCUT2D eigenvalue weighted by atomic mass is 10.3. The SMILES string of the molecule is CC(C)(C)SP(OCCC#N)c1ncn[nH]1. The van der Waals surface area contributed by atoms with E-state index < -0.39 is 7.35 Å². The standard InChI is InChI=1S/C9H15N4OPS/c1-9(2,3)16-15(14-6-4-5-10)8-11-7-12-13-8/h7H,4,6H2,1-3H3,(H,11,12,13). The number of aromatic nitrogens is 3. The van der Waals surface area contributed by atoms with Gasteiger partial charge in [-0.05, 0) is 0 Å². The highest BCUT2D eigenvalue weighted by atomic mass is 32.7.